The van der Waals surface area contributed by atoms with Crippen molar-refractivity contribution < 1.29 is 4.74 Å². The standard InChI is InChI=1S/C16H9Cl2N3O2S/c17-9-5-6-13(11(18)7-9)23-8-14-20-21-15(22)10-3-1-2-4-12(10)19-16(21)24-14/h1-7H,8H2. The second-order valence-electron chi connectivity index (χ2n) is 4.99. The van der Waals surface area contributed by atoms with Gasteiger partial charge in [0.15, 0.2) is 5.01 Å². The summed E-state index contributed by atoms with van der Waals surface area (Å²) in [6.07, 6.45) is 0. The molecule has 0 spiro atoms. The maximum absolute atomic E-state index is 12.5. The van der Waals surface area contributed by atoms with Crippen LogP contribution < -0.4 is 10.3 Å². The molecule has 0 aliphatic rings. The lowest BCUT2D eigenvalue weighted by atomic mass is 10.2. The van der Waals surface area contributed by atoms with Crippen LogP contribution in [0.15, 0.2) is 47.3 Å². The second-order valence-corrected chi connectivity index (χ2v) is 6.87. The average Bonchev–Trinajstić information content (AvgIpc) is 2.97. The van der Waals surface area contributed by atoms with Gasteiger partial charge in [0.05, 0.1) is 15.9 Å². The first kappa shape index (κ1) is 15.4. The highest BCUT2D eigenvalue weighted by atomic mass is 35.5. The first-order chi connectivity index (χ1) is 11.6. The van der Waals surface area contributed by atoms with Crippen molar-refractivity contribution in [1.29, 1.82) is 0 Å². The van der Waals surface area contributed by atoms with E-state index in [9.17, 15) is 4.79 Å². The minimum Gasteiger partial charge on any atom is -0.485 e. The van der Waals surface area contributed by atoms with Crippen LogP contribution in [-0.2, 0) is 6.61 Å². The van der Waals surface area contributed by atoms with Crippen molar-refractivity contribution in [2.75, 3.05) is 0 Å². The molecule has 0 atom stereocenters. The Labute approximate surface area is 150 Å². The predicted molar refractivity (Wildman–Crippen MR) is 95.4 cm³/mol. The van der Waals surface area contributed by atoms with E-state index < -0.39 is 0 Å². The number of fused-ring (bicyclic) bond motifs is 2. The van der Waals surface area contributed by atoms with Crippen molar-refractivity contribution in [2.24, 2.45) is 0 Å². The molecule has 0 saturated carbocycles. The highest BCUT2D eigenvalue weighted by molar-refractivity contribution is 7.16. The number of ether oxygens (including phenoxy) is 1. The lowest BCUT2D eigenvalue weighted by Gasteiger charge is -2.05. The fourth-order valence-electron chi connectivity index (χ4n) is 2.28. The van der Waals surface area contributed by atoms with Gasteiger partial charge in [0.25, 0.3) is 5.56 Å². The molecule has 0 radical (unpaired) electrons. The monoisotopic (exact) mass is 377 g/mol. The summed E-state index contributed by atoms with van der Waals surface area (Å²) in [5.74, 6) is 0.505. The molecule has 0 saturated heterocycles. The second kappa shape index (κ2) is 6.05. The zero-order valence-corrected chi connectivity index (χ0v) is 14.4. The van der Waals surface area contributed by atoms with Gasteiger partial charge in [-0.05, 0) is 30.3 Å². The van der Waals surface area contributed by atoms with E-state index in [1.807, 2.05) is 6.07 Å². The SMILES string of the molecule is O=c1c2ccccc2nc2sc(COc3ccc(Cl)cc3Cl)nn12. The Morgan fingerprint density at radius 2 is 2.00 bits per heavy atom. The van der Waals surface area contributed by atoms with Gasteiger partial charge in [-0.1, -0.05) is 46.7 Å². The van der Waals surface area contributed by atoms with Gasteiger partial charge in [-0.25, -0.2) is 4.98 Å². The Balaban J connectivity index is 1.69. The molecule has 5 nitrogen and oxygen atoms in total. The van der Waals surface area contributed by atoms with E-state index in [2.05, 4.69) is 10.1 Å². The maximum Gasteiger partial charge on any atom is 0.283 e. The molecule has 0 fully saturated rings. The fraction of sp³-hybridized carbons (Fsp3) is 0.0625. The maximum atomic E-state index is 12.5. The van der Waals surface area contributed by atoms with Crippen LogP contribution >= 0.6 is 34.5 Å². The fourth-order valence-corrected chi connectivity index (χ4v) is 3.55. The summed E-state index contributed by atoms with van der Waals surface area (Å²) in [7, 11) is 0. The summed E-state index contributed by atoms with van der Waals surface area (Å²) in [5, 5.41) is 6.41. The van der Waals surface area contributed by atoms with E-state index >= 15 is 0 Å². The Hall–Kier alpha value is -2.15. The van der Waals surface area contributed by atoms with Crippen LogP contribution in [0, 0.1) is 0 Å². The third-order valence-electron chi connectivity index (χ3n) is 3.39. The number of benzene rings is 2. The van der Waals surface area contributed by atoms with Crippen molar-refractivity contribution in [3.8, 4) is 5.75 Å². The molecule has 120 valence electrons. The number of nitrogens with zero attached hydrogens (tertiary/aromatic N) is 3. The molecule has 4 rings (SSSR count). The van der Waals surface area contributed by atoms with Crippen LogP contribution in [0.4, 0.5) is 0 Å². The number of para-hydroxylation sites is 1. The van der Waals surface area contributed by atoms with Crippen LogP contribution in [0.5, 0.6) is 5.75 Å². The Morgan fingerprint density at radius 1 is 1.17 bits per heavy atom. The van der Waals surface area contributed by atoms with Crippen molar-refractivity contribution >= 4 is 50.4 Å². The number of hydrogen-bond acceptors (Lipinski definition) is 5. The van der Waals surface area contributed by atoms with Gasteiger partial charge in [-0.3, -0.25) is 4.79 Å². The van der Waals surface area contributed by atoms with Crippen molar-refractivity contribution in [3.63, 3.8) is 0 Å². The normalized spacial score (nSPS) is 11.2. The first-order valence-electron chi connectivity index (χ1n) is 6.97. The third-order valence-corrected chi connectivity index (χ3v) is 4.80. The zero-order chi connectivity index (χ0) is 16.7. The molecular formula is C16H9Cl2N3O2S. The highest BCUT2D eigenvalue weighted by Gasteiger charge is 2.11. The smallest absolute Gasteiger partial charge is 0.283 e. The van der Waals surface area contributed by atoms with Gasteiger partial charge in [-0.15, -0.1) is 0 Å². The van der Waals surface area contributed by atoms with E-state index in [1.54, 1.807) is 36.4 Å². The molecule has 2 aromatic heterocycles. The van der Waals surface area contributed by atoms with Crippen molar-refractivity contribution in [3.05, 3.63) is 67.9 Å². The predicted octanol–water partition coefficient (Wildman–Crippen LogP) is 4.19. The summed E-state index contributed by atoms with van der Waals surface area (Å²) in [5.41, 5.74) is 0.460. The molecular weight excluding hydrogens is 369 g/mol. The highest BCUT2D eigenvalue weighted by Crippen LogP contribution is 2.28. The molecule has 0 N–H and O–H groups in total. The Bertz CT molecular complexity index is 1120. The van der Waals surface area contributed by atoms with E-state index in [4.69, 9.17) is 27.9 Å². The number of rotatable bonds is 3. The van der Waals surface area contributed by atoms with E-state index in [1.165, 1.54) is 15.9 Å². The van der Waals surface area contributed by atoms with Gasteiger partial charge >= 0.3 is 0 Å². The van der Waals surface area contributed by atoms with Crippen LogP contribution in [0.3, 0.4) is 0 Å². The third kappa shape index (κ3) is 2.73. The summed E-state index contributed by atoms with van der Waals surface area (Å²) in [6.45, 7) is 0.186. The molecule has 2 heterocycles. The lowest BCUT2D eigenvalue weighted by Crippen LogP contribution is -2.15. The summed E-state index contributed by atoms with van der Waals surface area (Å²) >= 11 is 13.2. The van der Waals surface area contributed by atoms with Crippen LogP contribution in [-0.4, -0.2) is 14.6 Å². The molecule has 4 aromatic rings. The molecule has 24 heavy (non-hydrogen) atoms. The summed E-state index contributed by atoms with van der Waals surface area (Å²) in [4.78, 5) is 17.4. The number of halogens is 2. The van der Waals surface area contributed by atoms with Gasteiger partial charge < -0.3 is 4.74 Å². The van der Waals surface area contributed by atoms with Crippen LogP contribution in [0.2, 0.25) is 10.0 Å². The van der Waals surface area contributed by atoms with Gasteiger partial charge in [0, 0.05) is 5.02 Å². The molecule has 0 amide bonds. The van der Waals surface area contributed by atoms with E-state index in [0.29, 0.717) is 36.7 Å². The zero-order valence-electron chi connectivity index (χ0n) is 12.1. The number of hydrogen-bond donors (Lipinski definition) is 0. The minimum absolute atomic E-state index is 0.186. The molecule has 0 aliphatic carbocycles. The topological polar surface area (TPSA) is 56.5 Å². The number of aromatic nitrogens is 3. The molecule has 0 aliphatic heterocycles. The van der Waals surface area contributed by atoms with Crippen LogP contribution in [0.1, 0.15) is 5.01 Å². The lowest BCUT2D eigenvalue weighted by molar-refractivity contribution is 0.304. The molecule has 8 heteroatoms. The quantitative estimate of drug-likeness (QED) is 0.537. The van der Waals surface area contributed by atoms with Gasteiger partial charge in [0.1, 0.15) is 12.4 Å². The van der Waals surface area contributed by atoms with E-state index in [0.717, 1.165) is 0 Å². The van der Waals surface area contributed by atoms with Crippen LogP contribution in [0.25, 0.3) is 15.9 Å². The minimum atomic E-state index is -0.192. The summed E-state index contributed by atoms with van der Waals surface area (Å²) in [6, 6.07) is 12.2. The molecule has 0 bridgehead atoms. The van der Waals surface area contributed by atoms with Gasteiger partial charge in [0.2, 0.25) is 4.96 Å². The van der Waals surface area contributed by atoms with Crippen molar-refractivity contribution in [2.45, 2.75) is 6.61 Å². The molecule has 0 unspecified atom stereocenters. The summed E-state index contributed by atoms with van der Waals surface area (Å²) < 4.78 is 6.96. The average molecular weight is 378 g/mol. The van der Waals surface area contributed by atoms with Crippen molar-refractivity contribution in [1.82, 2.24) is 14.6 Å². The Kier molecular flexibility index (Phi) is 3.88. The Morgan fingerprint density at radius 3 is 2.83 bits per heavy atom. The largest absolute Gasteiger partial charge is 0.485 e. The first-order valence-corrected chi connectivity index (χ1v) is 8.54. The van der Waals surface area contributed by atoms with Gasteiger partial charge in [-0.2, -0.15) is 9.61 Å². The van der Waals surface area contributed by atoms with E-state index in [-0.39, 0.29) is 12.2 Å². The molecule has 2 aromatic carbocycles.